The van der Waals surface area contributed by atoms with Gasteiger partial charge in [-0.3, -0.25) is 9.89 Å². The maximum atomic E-state index is 12.2. The average molecular weight is 474 g/mol. The summed E-state index contributed by atoms with van der Waals surface area (Å²) >= 11 is 0. The molecule has 6 rings (SSSR count). The van der Waals surface area contributed by atoms with Gasteiger partial charge in [-0.05, 0) is 48.5 Å². The third kappa shape index (κ3) is 3.95. The van der Waals surface area contributed by atoms with E-state index in [0.717, 1.165) is 40.8 Å². The fraction of sp³-hybridized carbons (Fsp3) is 0.320. The van der Waals surface area contributed by atoms with Crippen molar-refractivity contribution in [1.29, 1.82) is 0 Å². The van der Waals surface area contributed by atoms with Crippen molar-refractivity contribution in [3.8, 4) is 5.75 Å². The summed E-state index contributed by atoms with van der Waals surface area (Å²) in [6.45, 7) is 1.40. The summed E-state index contributed by atoms with van der Waals surface area (Å²) in [6.07, 6.45) is 6.06. The lowest BCUT2D eigenvalue weighted by atomic mass is 10.1. The van der Waals surface area contributed by atoms with E-state index in [-0.39, 0.29) is 5.91 Å². The van der Waals surface area contributed by atoms with Gasteiger partial charge in [-0.15, -0.1) is 5.10 Å². The van der Waals surface area contributed by atoms with Gasteiger partial charge in [-0.2, -0.15) is 5.10 Å². The first-order chi connectivity index (χ1) is 17.1. The number of nitrogens with one attached hydrogen (secondary N) is 2. The second kappa shape index (κ2) is 8.62. The van der Waals surface area contributed by atoms with Gasteiger partial charge in [0.05, 0.1) is 42.7 Å². The summed E-state index contributed by atoms with van der Waals surface area (Å²) in [5.41, 5.74) is 6.68. The highest BCUT2D eigenvalue weighted by Gasteiger charge is 2.40. The van der Waals surface area contributed by atoms with E-state index in [0.29, 0.717) is 36.6 Å². The largest absolute Gasteiger partial charge is 0.377 e. The Labute approximate surface area is 202 Å². The average Bonchev–Trinajstić information content (AvgIpc) is 3.45. The second-order valence-corrected chi connectivity index (χ2v) is 9.18. The number of hydrogen-bond donors (Lipinski definition) is 2. The third-order valence-corrected chi connectivity index (χ3v) is 6.66. The van der Waals surface area contributed by atoms with E-state index < -0.39 is 0 Å². The normalized spacial score (nSPS) is 21.4. The van der Waals surface area contributed by atoms with Gasteiger partial charge in [0.25, 0.3) is 5.91 Å². The molecule has 35 heavy (non-hydrogen) atoms. The number of hydrazone groups is 1. The van der Waals surface area contributed by atoms with E-state index in [4.69, 9.17) is 14.7 Å². The van der Waals surface area contributed by atoms with Gasteiger partial charge in [-0.1, -0.05) is 12.1 Å². The number of carbonyl (C=O) groups is 1. The second-order valence-electron chi connectivity index (χ2n) is 9.18. The Morgan fingerprint density at radius 3 is 2.63 bits per heavy atom. The minimum absolute atomic E-state index is 0.0610. The highest BCUT2D eigenvalue weighted by molar-refractivity contribution is 6.03. The number of amidine groups is 1. The number of rotatable bonds is 4. The number of amides is 1. The fourth-order valence-corrected chi connectivity index (χ4v) is 4.94. The molecular weight excluding hydrogens is 446 g/mol. The summed E-state index contributed by atoms with van der Waals surface area (Å²) in [7, 11) is 3.46. The number of ether oxygens (including phenoxy) is 1. The Kier molecular flexibility index (Phi) is 5.29. The molecule has 0 saturated carbocycles. The molecule has 2 aromatic carbocycles. The highest BCUT2D eigenvalue weighted by atomic mass is 16.7. The molecule has 1 aromatic heterocycles. The lowest BCUT2D eigenvalue weighted by molar-refractivity contribution is -0.0913. The SMILES string of the molecule is CN(C)C(=O)c1ccc(ON2N=C(N3[C@@H]4CC[C@H]3COC4)C=C(c3cccc4[nH]ncc34)N2)cc1. The van der Waals surface area contributed by atoms with Crippen molar-refractivity contribution in [2.24, 2.45) is 5.10 Å². The lowest BCUT2D eigenvalue weighted by Gasteiger charge is -2.38. The molecule has 1 amide bonds. The van der Waals surface area contributed by atoms with E-state index in [1.807, 2.05) is 24.4 Å². The van der Waals surface area contributed by atoms with Gasteiger partial charge in [-0.25, -0.2) is 5.43 Å². The summed E-state index contributed by atoms with van der Waals surface area (Å²) in [5.74, 6) is 1.33. The molecule has 3 aromatic rings. The first-order valence-corrected chi connectivity index (χ1v) is 11.7. The quantitative estimate of drug-likeness (QED) is 0.601. The molecule has 3 aliphatic heterocycles. The van der Waals surface area contributed by atoms with Crippen LogP contribution < -0.4 is 10.3 Å². The Hall–Kier alpha value is -4.05. The van der Waals surface area contributed by atoms with Crippen LogP contribution in [0.2, 0.25) is 0 Å². The number of carbonyl (C=O) groups excluding carboxylic acids is 1. The topological polar surface area (TPSA) is 98.3 Å². The van der Waals surface area contributed by atoms with Crippen LogP contribution in [0.1, 0.15) is 28.8 Å². The molecule has 10 nitrogen and oxygen atoms in total. The molecule has 0 spiro atoms. The predicted molar refractivity (Wildman–Crippen MR) is 131 cm³/mol. The van der Waals surface area contributed by atoms with Crippen LogP contribution in [0.4, 0.5) is 0 Å². The molecule has 2 saturated heterocycles. The molecule has 10 heteroatoms. The number of fused-ring (bicyclic) bond motifs is 3. The number of hydrogen-bond acceptors (Lipinski definition) is 8. The maximum Gasteiger partial charge on any atom is 0.253 e. The van der Waals surface area contributed by atoms with Gasteiger partial charge in [0, 0.05) is 36.7 Å². The van der Waals surface area contributed by atoms with Crippen LogP contribution in [-0.4, -0.2) is 76.4 Å². The van der Waals surface area contributed by atoms with Crippen LogP contribution in [0, 0.1) is 0 Å². The molecule has 2 fully saturated rings. The van der Waals surface area contributed by atoms with E-state index in [2.05, 4.69) is 26.6 Å². The van der Waals surface area contributed by atoms with Gasteiger partial charge in [0.15, 0.2) is 11.6 Å². The van der Waals surface area contributed by atoms with E-state index in [1.165, 1.54) is 5.28 Å². The third-order valence-electron chi connectivity index (χ3n) is 6.66. The zero-order valence-corrected chi connectivity index (χ0v) is 19.6. The van der Waals surface area contributed by atoms with E-state index in [9.17, 15) is 4.79 Å². The van der Waals surface area contributed by atoms with Gasteiger partial charge in [0.2, 0.25) is 0 Å². The number of hydrazine groups is 1. The van der Waals surface area contributed by atoms with Gasteiger partial charge in [0.1, 0.15) is 0 Å². The molecule has 4 heterocycles. The number of nitrogens with zero attached hydrogens (tertiary/aromatic N) is 5. The van der Waals surface area contributed by atoms with Crippen LogP contribution in [0.5, 0.6) is 5.75 Å². The van der Waals surface area contributed by atoms with Crippen molar-refractivity contribution in [2.75, 3.05) is 27.3 Å². The first-order valence-electron chi connectivity index (χ1n) is 11.7. The van der Waals surface area contributed by atoms with Crippen molar-refractivity contribution in [3.63, 3.8) is 0 Å². The zero-order chi connectivity index (χ0) is 23.9. The van der Waals surface area contributed by atoms with E-state index in [1.54, 1.807) is 43.3 Å². The van der Waals surface area contributed by atoms with Gasteiger partial charge >= 0.3 is 0 Å². The molecule has 180 valence electrons. The number of benzene rings is 2. The van der Waals surface area contributed by atoms with Crippen molar-refractivity contribution >= 4 is 28.3 Å². The van der Waals surface area contributed by atoms with Crippen molar-refractivity contribution < 1.29 is 14.4 Å². The molecule has 2 atom stereocenters. The summed E-state index contributed by atoms with van der Waals surface area (Å²) in [5, 5.41) is 14.4. The fourth-order valence-electron chi connectivity index (χ4n) is 4.94. The molecule has 3 aliphatic rings. The summed E-state index contributed by atoms with van der Waals surface area (Å²) < 4.78 is 5.78. The number of H-pyrrole nitrogens is 1. The van der Waals surface area contributed by atoms with Crippen LogP contribution in [-0.2, 0) is 4.74 Å². The van der Waals surface area contributed by atoms with E-state index >= 15 is 0 Å². The first kappa shape index (κ1) is 21.5. The highest BCUT2D eigenvalue weighted by Crippen LogP contribution is 2.32. The molecule has 2 N–H and O–H groups in total. The van der Waals surface area contributed by atoms with Crippen LogP contribution in [0.25, 0.3) is 16.6 Å². The smallest absolute Gasteiger partial charge is 0.253 e. The monoisotopic (exact) mass is 473 g/mol. The standard InChI is InChI=1S/C25H27N7O3/c1-30(2)25(33)16-6-10-19(11-7-16)35-32-28-23(20-4-3-5-22-21(20)13-26-27-22)12-24(29-32)31-17-8-9-18(31)15-34-14-17/h3-7,10-13,17-18,28H,8-9,14-15H2,1-2H3,(H,26,27)/t17-,18+. The number of aromatic amines is 1. The minimum atomic E-state index is -0.0610. The minimum Gasteiger partial charge on any atom is -0.377 e. The van der Waals surface area contributed by atoms with Crippen molar-refractivity contribution in [3.05, 3.63) is 65.9 Å². The van der Waals surface area contributed by atoms with Crippen LogP contribution in [0.15, 0.2) is 59.8 Å². The summed E-state index contributed by atoms with van der Waals surface area (Å²) in [6, 6.07) is 13.7. The predicted octanol–water partition coefficient (Wildman–Crippen LogP) is 2.60. The molecular formula is C25H27N7O3. The van der Waals surface area contributed by atoms with Crippen molar-refractivity contribution in [2.45, 2.75) is 24.9 Å². The van der Waals surface area contributed by atoms with Crippen LogP contribution >= 0.6 is 0 Å². The summed E-state index contributed by atoms with van der Waals surface area (Å²) in [4.78, 5) is 22.2. The molecule has 0 unspecified atom stereocenters. The number of morpholine rings is 1. The Balaban J connectivity index is 1.33. The van der Waals surface area contributed by atoms with Crippen molar-refractivity contribution in [1.82, 2.24) is 30.7 Å². The van der Waals surface area contributed by atoms with Gasteiger partial charge < -0.3 is 19.4 Å². The maximum absolute atomic E-state index is 12.2. The molecule has 0 radical (unpaired) electrons. The lowest BCUT2D eigenvalue weighted by Crippen LogP contribution is -2.51. The Morgan fingerprint density at radius 1 is 1.11 bits per heavy atom. The zero-order valence-electron chi connectivity index (χ0n) is 19.6. The van der Waals surface area contributed by atoms with Crippen LogP contribution in [0.3, 0.4) is 0 Å². The molecule has 0 aliphatic carbocycles. The molecule has 2 bridgehead atoms. The number of aromatic nitrogens is 2. The Bertz CT molecular complexity index is 1300. The Morgan fingerprint density at radius 2 is 1.89 bits per heavy atom.